The number of phenols is 2. The van der Waals surface area contributed by atoms with Crippen molar-refractivity contribution < 1.29 is 10.2 Å². The number of para-hydroxylation sites is 1. The summed E-state index contributed by atoms with van der Waals surface area (Å²) in [5, 5.41) is 20.9. The lowest BCUT2D eigenvalue weighted by molar-refractivity contribution is 0.303. The van der Waals surface area contributed by atoms with Gasteiger partial charge in [-0.05, 0) is 29.7 Å². The molecule has 4 nitrogen and oxygen atoms in total. The molecule has 1 aromatic heterocycles. The number of aromatic hydroxyl groups is 2. The third-order valence-corrected chi connectivity index (χ3v) is 5.09. The van der Waals surface area contributed by atoms with Crippen molar-refractivity contribution >= 4 is 28.6 Å². The molecule has 3 aromatic rings. The highest BCUT2D eigenvalue weighted by atomic mass is 32.1. The molecular formula is C19H18N2O2S. The zero-order chi connectivity index (χ0) is 16.7. The van der Waals surface area contributed by atoms with Crippen LogP contribution in [0.3, 0.4) is 0 Å². The van der Waals surface area contributed by atoms with Gasteiger partial charge in [0.15, 0.2) is 0 Å². The van der Waals surface area contributed by atoms with Crippen molar-refractivity contribution in [3.05, 3.63) is 59.3 Å². The first-order chi connectivity index (χ1) is 11.7. The normalized spacial score (nSPS) is 17.0. The van der Waals surface area contributed by atoms with Crippen LogP contribution in [0.4, 0.5) is 0 Å². The number of hydrogen-bond acceptors (Lipinski definition) is 3. The summed E-state index contributed by atoms with van der Waals surface area (Å²) in [6.07, 6.45) is 1.57. The molecule has 3 N–H and O–H groups in total. The van der Waals surface area contributed by atoms with Gasteiger partial charge in [-0.2, -0.15) is 0 Å². The largest absolute Gasteiger partial charge is 0.508 e. The number of thiocarbonyl (C=S) groups is 1. The van der Waals surface area contributed by atoms with Crippen LogP contribution >= 0.6 is 12.2 Å². The van der Waals surface area contributed by atoms with Crippen molar-refractivity contribution in [3.8, 4) is 11.5 Å². The van der Waals surface area contributed by atoms with Gasteiger partial charge < -0.3 is 20.1 Å². The Morgan fingerprint density at radius 3 is 2.83 bits per heavy atom. The van der Waals surface area contributed by atoms with Gasteiger partial charge >= 0.3 is 0 Å². The SMILES string of the molecule is Oc1ccc(CC2c3[nH]c4ccccc4c3CCN2C=S)c(O)c1. The molecule has 0 saturated heterocycles. The summed E-state index contributed by atoms with van der Waals surface area (Å²) >= 11 is 5.21. The number of H-pyrrole nitrogens is 1. The molecule has 2 heterocycles. The molecule has 0 spiro atoms. The molecule has 2 aromatic carbocycles. The number of rotatable bonds is 3. The minimum absolute atomic E-state index is 0.0501. The van der Waals surface area contributed by atoms with Gasteiger partial charge in [-0.25, -0.2) is 0 Å². The Bertz CT molecular complexity index is 919. The predicted octanol–water partition coefficient (Wildman–Crippen LogP) is 3.68. The van der Waals surface area contributed by atoms with Gasteiger partial charge in [0.2, 0.25) is 0 Å². The number of hydrogen-bond donors (Lipinski definition) is 3. The molecule has 1 unspecified atom stereocenters. The van der Waals surface area contributed by atoms with E-state index in [4.69, 9.17) is 12.2 Å². The van der Waals surface area contributed by atoms with E-state index in [0.717, 1.165) is 29.7 Å². The van der Waals surface area contributed by atoms with Crippen molar-refractivity contribution in [1.29, 1.82) is 0 Å². The minimum Gasteiger partial charge on any atom is -0.508 e. The van der Waals surface area contributed by atoms with Gasteiger partial charge in [0.25, 0.3) is 0 Å². The van der Waals surface area contributed by atoms with E-state index in [1.54, 1.807) is 17.6 Å². The van der Waals surface area contributed by atoms with Gasteiger partial charge in [-0.3, -0.25) is 0 Å². The molecule has 0 aliphatic carbocycles. The Hall–Kier alpha value is -2.53. The summed E-state index contributed by atoms with van der Waals surface area (Å²) in [6.45, 7) is 0.863. The Morgan fingerprint density at radius 1 is 1.21 bits per heavy atom. The molecular weight excluding hydrogens is 320 g/mol. The average molecular weight is 338 g/mol. The maximum Gasteiger partial charge on any atom is 0.122 e. The molecule has 1 aliphatic heterocycles. The quantitative estimate of drug-likeness (QED) is 0.638. The first-order valence-corrected chi connectivity index (χ1v) is 8.46. The molecule has 0 bridgehead atoms. The lowest BCUT2D eigenvalue weighted by Gasteiger charge is -2.34. The highest BCUT2D eigenvalue weighted by Crippen LogP contribution is 2.37. The van der Waals surface area contributed by atoms with Gasteiger partial charge in [-0.15, -0.1) is 0 Å². The number of phenolic OH excluding ortho intramolecular Hbond substituents is 2. The first-order valence-electron chi connectivity index (χ1n) is 7.98. The molecule has 1 atom stereocenters. The molecule has 0 saturated carbocycles. The number of fused-ring (bicyclic) bond motifs is 3. The molecule has 0 radical (unpaired) electrons. The number of aromatic amines is 1. The minimum atomic E-state index is 0.0501. The average Bonchev–Trinajstić information content (AvgIpc) is 2.96. The van der Waals surface area contributed by atoms with Crippen LogP contribution in [0, 0.1) is 0 Å². The standard InChI is InChI=1S/C19H18N2O2S/c22-13-6-5-12(18(23)10-13)9-17-19-15(7-8-21(17)11-24)14-3-1-2-4-16(14)20-19/h1-6,10-11,17,20,22-23H,7-9H2. The summed E-state index contributed by atoms with van der Waals surface area (Å²) in [7, 11) is 0. The van der Waals surface area contributed by atoms with Gasteiger partial charge in [-0.1, -0.05) is 36.5 Å². The number of benzene rings is 2. The molecule has 24 heavy (non-hydrogen) atoms. The van der Waals surface area contributed by atoms with Crippen molar-refractivity contribution in [2.24, 2.45) is 0 Å². The van der Waals surface area contributed by atoms with Crippen LogP contribution in [0.25, 0.3) is 10.9 Å². The number of nitrogens with zero attached hydrogens (tertiary/aromatic N) is 1. The van der Waals surface area contributed by atoms with Crippen LogP contribution in [0.15, 0.2) is 42.5 Å². The maximum absolute atomic E-state index is 10.1. The van der Waals surface area contributed by atoms with Crippen molar-refractivity contribution in [2.75, 3.05) is 6.54 Å². The zero-order valence-corrected chi connectivity index (χ0v) is 13.9. The van der Waals surface area contributed by atoms with E-state index in [0.29, 0.717) is 6.42 Å². The fourth-order valence-electron chi connectivity index (χ4n) is 3.62. The summed E-state index contributed by atoms with van der Waals surface area (Å²) < 4.78 is 0. The van der Waals surface area contributed by atoms with Crippen LogP contribution in [-0.4, -0.2) is 32.1 Å². The van der Waals surface area contributed by atoms with Crippen LogP contribution in [-0.2, 0) is 12.8 Å². The number of aromatic nitrogens is 1. The van der Waals surface area contributed by atoms with Crippen LogP contribution in [0.1, 0.15) is 22.9 Å². The van der Waals surface area contributed by atoms with Crippen LogP contribution < -0.4 is 0 Å². The molecule has 0 amide bonds. The summed E-state index contributed by atoms with van der Waals surface area (Å²) in [5.74, 6) is 0.181. The fraction of sp³-hybridized carbons (Fsp3) is 0.211. The van der Waals surface area contributed by atoms with Crippen LogP contribution in [0.2, 0.25) is 0 Å². The number of nitrogens with one attached hydrogen (secondary N) is 1. The van der Waals surface area contributed by atoms with E-state index in [1.165, 1.54) is 17.0 Å². The molecule has 5 heteroatoms. The Morgan fingerprint density at radius 2 is 2.04 bits per heavy atom. The lowest BCUT2D eigenvalue weighted by atomic mass is 9.93. The molecule has 122 valence electrons. The molecule has 4 rings (SSSR count). The van der Waals surface area contributed by atoms with Gasteiger partial charge in [0, 0.05) is 35.6 Å². The topological polar surface area (TPSA) is 59.5 Å². The Labute approximate surface area is 145 Å². The molecule has 0 fully saturated rings. The lowest BCUT2D eigenvalue weighted by Crippen LogP contribution is -2.35. The van der Waals surface area contributed by atoms with E-state index in [1.807, 2.05) is 6.07 Å². The maximum atomic E-state index is 10.1. The first kappa shape index (κ1) is 15.0. The van der Waals surface area contributed by atoms with Crippen molar-refractivity contribution in [1.82, 2.24) is 9.88 Å². The summed E-state index contributed by atoms with van der Waals surface area (Å²) in [5.41, 5.74) is 6.13. The van der Waals surface area contributed by atoms with E-state index in [-0.39, 0.29) is 17.5 Å². The van der Waals surface area contributed by atoms with Crippen LogP contribution in [0.5, 0.6) is 11.5 Å². The van der Waals surface area contributed by atoms with Gasteiger partial charge in [0.05, 0.1) is 11.5 Å². The Balaban J connectivity index is 1.79. The second-order valence-corrected chi connectivity index (χ2v) is 6.40. The van der Waals surface area contributed by atoms with E-state index in [9.17, 15) is 10.2 Å². The summed E-state index contributed by atoms with van der Waals surface area (Å²) in [4.78, 5) is 5.68. The Kier molecular flexibility index (Phi) is 3.65. The second-order valence-electron chi connectivity index (χ2n) is 6.19. The summed E-state index contributed by atoms with van der Waals surface area (Å²) in [6, 6.07) is 13.1. The fourth-order valence-corrected chi connectivity index (χ4v) is 3.87. The zero-order valence-electron chi connectivity index (χ0n) is 13.1. The highest BCUT2D eigenvalue weighted by molar-refractivity contribution is 7.78. The van der Waals surface area contributed by atoms with Crippen molar-refractivity contribution in [2.45, 2.75) is 18.9 Å². The molecule has 1 aliphatic rings. The van der Waals surface area contributed by atoms with E-state index >= 15 is 0 Å². The van der Waals surface area contributed by atoms with E-state index < -0.39 is 0 Å². The van der Waals surface area contributed by atoms with Gasteiger partial charge in [0.1, 0.15) is 11.5 Å². The highest BCUT2D eigenvalue weighted by Gasteiger charge is 2.29. The smallest absolute Gasteiger partial charge is 0.122 e. The predicted molar refractivity (Wildman–Crippen MR) is 98.6 cm³/mol. The monoisotopic (exact) mass is 338 g/mol. The second kappa shape index (κ2) is 5.83. The third kappa shape index (κ3) is 2.41. The van der Waals surface area contributed by atoms with E-state index in [2.05, 4.69) is 28.1 Å². The third-order valence-electron chi connectivity index (χ3n) is 4.82. The van der Waals surface area contributed by atoms with Crippen molar-refractivity contribution in [3.63, 3.8) is 0 Å².